The van der Waals surface area contributed by atoms with Crippen LogP contribution >= 0.6 is 24.0 Å². The van der Waals surface area contributed by atoms with Gasteiger partial charge < -0.3 is 10.6 Å². The summed E-state index contributed by atoms with van der Waals surface area (Å²) in [4.78, 5) is 12.8. The quantitative estimate of drug-likeness (QED) is 0.296. The zero-order valence-corrected chi connectivity index (χ0v) is 17.5. The average Bonchev–Trinajstić information content (AvgIpc) is 3.20. The van der Waals surface area contributed by atoms with Gasteiger partial charge in [-0.25, -0.2) is 9.97 Å². The smallest absolute Gasteiger partial charge is 0.191 e. The molecule has 2 aromatic rings. The Morgan fingerprint density at radius 3 is 2.85 bits per heavy atom. The topological polar surface area (TPSA) is 67.1 Å². The monoisotopic (exact) mass is 466 g/mol. The summed E-state index contributed by atoms with van der Waals surface area (Å²) in [6.07, 6.45) is 15.9. The lowest BCUT2D eigenvalue weighted by Gasteiger charge is -2.15. The normalized spacial score (nSPS) is 14.3. The van der Waals surface area contributed by atoms with Gasteiger partial charge in [-0.1, -0.05) is 17.7 Å². The summed E-state index contributed by atoms with van der Waals surface area (Å²) >= 11 is 0. The molecule has 6 nitrogen and oxygen atoms in total. The van der Waals surface area contributed by atoms with Crippen LogP contribution in [-0.4, -0.2) is 34.1 Å². The lowest BCUT2D eigenvalue weighted by molar-refractivity contribution is 0.665. The van der Waals surface area contributed by atoms with Crippen molar-refractivity contribution < 1.29 is 0 Å². The number of guanidine groups is 1. The minimum Gasteiger partial charge on any atom is -0.356 e. The van der Waals surface area contributed by atoms with Crippen molar-refractivity contribution in [2.24, 2.45) is 4.99 Å². The van der Waals surface area contributed by atoms with Gasteiger partial charge >= 0.3 is 0 Å². The fraction of sp³-hybridized carbons (Fsp3) is 0.421. The molecule has 2 heterocycles. The second-order valence-electron chi connectivity index (χ2n) is 6.21. The van der Waals surface area contributed by atoms with E-state index < -0.39 is 0 Å². The molecule has 0 unspecified atom stereocenters. The van der Waals surface area contributed by atoms with E-state index in [2.05, 4.69) is 37.7 Å². The summed E-state index contributed by atoms with van der Waals surface area (Å²) in [5, 5.41) is 6.72. The van der Waals surface area contributed by atoms with Crippen molar-refractivity contribution in [2.45, 2.75) is 38.6 Å². The third kappa shape index (κ3) is 6.12. The molecule has 0 amide bonds. The molecular formula is C19H27IN6. The molecule has 2 aromatic heterocycles. The van der Waals surface area contributed by atoms with Gasteiger partial charge in [0.1, 0.15) is 12.1 Å². The molecule has 140 valence electrons. The molecule has 0 aromatic carbocycles. The van der Waals surface area contributed by atoms with Gasteiger partial charge in [-0.05, 0) is 43.7 Å². The third-order valence-corrected chi connectivity index (χ3v) is 4.39. The molecule has 7 heteroatoms. The number of halogens is 1. The largest absolute Gasteiger partial charge is 0.356 e. The van der Waals surface area contributed by atoms with Gasteiger partial charge in [0.15, 0.2) is 5.96 Å². The fourth-order valence-electron chi connectivity index (χ4n) is 2.95. The van der Waals surface area contributed by atoms with Crippen LogP contribution in [0.5, 0.6) is 0 Å². The number of imidazole rings is 1. The number of allylic oxidation sites excluding steroid dienone is 1. The van der Waals surface area contributed by atoms with Crippen LogP contribution in [0.3, 0.4) is 0 Å². The fourth-order valence-corrected chi connectivity index (χ4v) is 2.95. The van der Waals surface area contributed by atoms with E-state index in [0.717, 1.165) is 30.3 Å². The minimum atomic E-state index is 0. The third-order valence-electron chi connectivity index (χ3n) is 4.39. The number of aromatic nitrogens is 3. The van der Waals surface area contributed by atoms with Crippen molar-refractivity contribution in [3.05, 3.63) is 54.3 Å². The first-order valence-electron chi connectivity index (χ1n) is 8.91. The summed E-state index contributed by atoms with van der Waals surface area (Å²) in [6, 6.07) is 4.06. The minimum absolute atomic E-state index is 0. The Bertz CT molecular complexity index is 706. The van der Waals surface area contributed by atoms with Crippen LogP contribution < -0.4 is 10.6 Å². The molecule has 0 bridgehead atoms. The Hall–Kier alpha value is -1.90. The van der Waals surface area contributed by atoms with E-state index in [1.807, 2.05) is 23.0 Å². The molecule has 0 aliphatic heterocycles. The van der Waals surface area contributed by atoms with Gasteiger partial charge in [-0.15, -0.1) is 24.0 Å². The highest BCUT2D eigenvalue weighted by Crippen LogP contribution is 2.19. The van der Waals surface area contributed by atoms with E-state index in [9.17, 15) is 0 Å². The SMILES string of the molecule is CN=C(NCCC1=CCCCC1)NCc1ccc(-n2ccnc2)nc1.I. The first kappa shape index (κ1) is 20.4. The number of aliphatic imine (C=N–C) groups is 1. The first-order chi connectivity index (χ1) is 12.3. The van der Waals surface area contributed by atoms with Crippen molar-refractivity contribution in [1.29, 1.82) is 0 Å². The summed E-state index contributed by atoms with van der Waals surface area (Å²) in [6.45, 7) is 1.61. The van der Waals surface area contributed by atoms with Crippen LogP contribution in [0.25, 0.3) is 5.82 Å². The molecule has 0 radical (unpaired) electrons. The van der Waals surface area contributed by atoms with Crippen molar-refractivity contribution >= 4 is 29.9 Å². The summed E-state index contributed by atoms with van der Waals surface area (Å²) in [5.74, 6) is 1.69. The molecule has 2 N–H and O–H groups in total. The lowest BCUT2D eigenvalue weighted by atomic mass is 9.97. The molecule has 1 aliphatic rings. The maximum atomic E-state index is 4.46. The Balaban J connectivity index is 0.00000243. The molecule has 0 saturated carbocycles. The highest BCUT2D eigenvalue weighted by atomic mass is 127. The number of pyridine rings is 1. The van der Waals surface area contributed by atoms with Crippen molar-refractivity contribution in [1.82, 2.24) is 25.2 Å². The summed E-state index contributed by atoms with van der Waals surface area (Å²) < 4.78 is 1.89. The number of nitrogens with one attached hydrogen (secondary N) is 2. The van der Waals surface area contributed by atoms with Crippen LogP contribution in [0.1, 0.15) is 37.7 Å². The van der Waals surface area contributed by atoms with Gasteiger partial charge in [-0.2, -0.15) is 0 Å². The Labute approximate surface area is 172 Å². The summed E-state index contributed by atoms with van der Waals surface area (Å²) in [7, 11) is 1.80. The Morgan fingerprint density at radius 2 is 2.19 bits per heavy atom. The molecule has 26 heavy (non-hydrogen) atoms. The number of rotatable bonds is 6. The van der Waals surface area contributed by atoms with Gasteiger partial charge in [-0.3, -0.25) is 9.56 Å². The summed E-state index contributed by atoms with van der Waals surface area (Å²) in [5.41, 5.74) is 2.69. The van der Waals surface area contributed by atoms with E-state index >= 15 is 0 Å². The van der Waals surface area contributed by atoms with Crippen molar-refractivity contribution in [2.75, 3.05) is 13.6 Å². The maximum absolute atomic E-state index is 4.46. The van der Waals surface area contributed by atoms with E-state index in [0.29, 0.717) is 6.54 Å². The molecule has 0 spiro atoms. The predicted molar refractivity (Wildman–Crippen MR) is 116 cm³/mol. The number of hydrogen-bond acceptors (Lipinski definition) is 3. The maximum Gasteiger partial charge on any atom is 0.191 e. The first-order valence-corrected chi connectivity index (χ1v) is 8.91. The van der Waals surface area contributed by atoms with E-state index in [1.54, 1.807) is 25.1 Å². The van der Waals surface area contributed by atoms with E-state index in [1.165, 1.54) is 25.7 Å². The molecule has 0 atom stereocenters. The Morgan fingerprint density at radius 1 is 1.27 bits per heavy atom. The van der Waals surface area contributed by atoms with E-state index in [4.69, 9.17) is 0 Å². The van der Waals surface area contributed by atoms with Crippen molar-refractivity contribution in [3.63, 3.8) is 0 Å². The van der Waals surface area contributed by atoms with Crippen LogP contribution in [0, 0.1) is 0 Å². The molecule has 0 fully saturated rings. The molecule has 1 aliphatic carbocycles. The lowest BCUT2D eigenvalue weighted by Crippen LogP contribution is -2.37. The highest BCUT2D eigenvalue weighted by molar-refractivity contribution is 14.0. The number of nitrogens with zero attached hydrogens (tertiary/aromatic N) is 4. The van der Waals surface area contributed by atoms with Gasteiger partial charge in [0.2, 0.25) is 0 Å². The Kier molecular flexibility index (Phi) is 8.60. The molecule has 0 saturated heterocycles. The zero-order chi connectivity index (χ0) is 17.3. The second kappa shape index (κ2) is 10.9. The van der Waals surface area contributed by atoms with E-state index in [-0.39, 0.29) is 24.0 Å². The van der Waals surface area contributed by atoms with Gasteiger partial charge in [0.25, 0.3) is 0 Å². The van der Waals surface area contributed by atoms with Crippen molar-refractivity contribution in [3.8, 4) is 5.82 Å². The predicted octanol–water partition coefficient (Wildman–Crippen LogP) is 3.44. The van der Waals surface area contributed by atoms with Gasteiger partial charge in [0.05, 0.1) is 0 Å². The number of hydrogen-bond donors (Lipinski definition) is 2. The van der Waals surface area contributed by atoms with Crippen LogP contribution in [0.15, 0.2) is 53.7 Å². The zero-order valence-electron chi connectivity index (χ0n) is 15.2. The average molecular weight is 466 g/mol. The van der Waals surface area contributed by atoms with Crippen LogP contribution in [0.4, 0.5) is 0 Å². The standard InChI is InChI=1S/C19H26N6.HI/c1-20-19(22-10-9-16-5-3-2-4-6-16)24-14-17-7-8-18(23-13-17)25-12-11-21-15-25;/h5,7-8,11-13,15H,2-4,6,9-10,14H2,1H3,(H2,20,22,24);1H. The van der Waals surface area contributed by atoms with Gasteiger partial charge in [0, 0.05) is 38.7 Å². The molecule has 3 rings (SSSR count). The second-order valence-corrected chi connectivity index (χ2v) is 6.21. The van der Waals surface area contributed by atoms with Crippen LogP contribution in [0.2, 0.25) is 0 Å². The highest BCUT2D eigenvalue weighted by Gasteiger charge is 2.04. The van der Waals surface area contributed by atoms with Crippen LogP contribution in [-0.2, 0) is 6.54 Å². The molecular weight excluding hydrogens is 439 g/mol.